The number of aromatic nitrogens is 2. The number of anilines is 2. The lowest BCUT2D eigenvalue weighted by atomic mass is 10.1. The highest BCUT2D eigenvalue weighted by atomic mass is 16.2. The maximum atomic E-state index is 13.4. The number of carbonyl (C=O) groups excluding carboxylic acids is 1. The van der Waals surface area contributed by atoms with E-state index in [1.807, 2.05) is 20.0 Å². The van der Waals surface area contributed by atoms with Crippen LogP contribution in [0.1, 0.15) is 54.0 Å². The zero-order valence-electron chi connectivity index (χ0n) is 18.9. The van der Waals surface area contributed by atoms with Gasteiger partial charge in [0.05, 0.1) is 24.1 Å². The van der Waals surface area contributed by atoms with Crippen molar-refractivity contribution in [3.8, 4) is 0 Å². The van der Waals surface area contributed by atoms with Crippen molar-refractivity contribution in [2.75, 3.05) is 29.9 Å². The number of hydrogen-bond donors (Lipinski definition) is 3. The van der Waals surface area contributed by atoms with Crippen molar-refractivity contribution in [2.24, 2.45) is 0 Å². The fourth-order valence-corrected chi connectivity index (χ4v) is 4.44. The number of pyridine rings is 2. The molecule has 1 saturated heterocycles. The topological polar surface area (TPSA) is 112 Å². The number of rotatable bonds is 7. The second kappa shape index (κ2) is 9.04. The third kappa shape index (κ3) is 3.84. The van der Waals surface area contributed by atoms with Gasteiger partial charge < -0.3 is 15.1 Å². The van der Waals surface area contributed by atoms with Gasteiger partial charge in [0.2, 0.25) is 0 Å². The molecule has 168 valence electrons. The van der Waals surface area contributed by atoms with Crippen LogP contribution in [0.25, 0.3) is 0 Å². The van der Waals surface area contributed by atoms with E-state index in [1.165, 1.54) is 4.90 Å². The van der Waals surface area contributed by atoms with Crippen LogP contribution in [0.2, 0.25) is 0 Å². The molecule has 2 aliphatic rings. The van der Waals surface area contributed by atoms with Crippen LogP contribution in [-0.2, 0) is 13.1 Å². The highest BCUT2D eigenvalue weighted by Gasteiger charge is 2.34. The normalized spacial score (nSPS) is 17.6. The maximum Gasteiger partial charge on any atom is 0.260 e. The Morgan fingerprint density at radius 1 is 1.34 bits per heavy atom. The van der Waals surface area contributed by atoms with Gasteiger partial charge in [0.1, 0.15) is 17.3 Å². The quantitative estimate of drug-likeness (QED) is 0.456. The Morgan fingerprint density at radius 3 is 2.81 bits per heavy atom. The van der Waals surface area contributed by atoms with Crippen LogP contribution >= 0.6 is 0 Å². The first-order chi connectivity index (χ1) is 15.5. The standard InChI is InChI=1S/C23H30N8O/c1-4-29(14-24)22(25)18-8-5-9-20(27-18)31-13-17-16(23(31)32)11-21(28-19(17)12-26-3)30-10-6-7-15(30)2/h5,8-9,11,14-15,24-26H,4,6-7,10,12-13H2,1-3H3/t15-/m1/s1. The van der Waals surface area contributed by atoms with Gasteiger partial charge in [-0.25, -0.2) is 9.97 Å². The summed E-state index contributed by atoms with van der Waals surface area (Å²) in [4.78, 5) is 28.4. The van der Waals surface area contributed by atoms with E-state index in [2.05, 4.69) is 22.1 Å². The van der Waals surface area contributed by atoms with Crippen molar-refractivity contribution in [1.29, 1.82) is 10.8 Å². The third-order valence-corrected chi connectivity index (χ3v) is 6.22. The van der Waals surface area contributed by atoms with Gasteiger partial charge >= 0.3 is 0 Å². The fraction of sp³-hybridized carbons (Fsp3) is 0.435. The smallest absolute Gasteiger partial charge is 0.260 e. The summed E-state index contributed by atoms with van der Waals surface area (Å²) in [7, 11) is 1.88. The van der Waals surface area contributed by atoms with E-state index in [0.29, 0.717) is 42.8 Å². The van der Waals surface area contributed by atoms with Crippen LogP contribution in [0, 0.1) is 10.8 Å². The van der Waals surface area contributed by atoms with Gasteiger partial charge in [0.15, 0.2) is 5.84 Å². The molecule has 0 spiro atoms. The Balaban J connectivity index is 1.69. The molecule has 1 fully saturated rings. The van der Waals surface area contributed by atoms with Crippen molar-refractivity contribution in [3.63, 3.8) is 0 Å². The first kappa shape index (κ1) is 21.9. The Bertz CT molecular complexity index is 1050. The molecule has 0 bridgehead atoms. The van der Waals surface area contributed by atoms with Gasteiger partial charge in [-0.05, 0) is 51.9 Å². The minimum atomic E-state index is -0.0940. The average Bonchev–Trinajstić information content (AvgIpc) is 3.38. The Hall–Kier alpha value is -3.33. The second-order valence-electron chi connectivity index (χ2n) is 8.20. The number of hydrogen-bond acceptors (Lipinski definition) is 7. The first-order valence-electron chi connectivity index (χ1n) is 11.1. The molecular weight excluding hydrogens is 404 g/mol. The summed E-state index contributed by atoms with van der Waals surface area (Å²) in [6.45, 7) is 6.52. The number of amides is 1. The lowest BCUT2D eigenvalue weighted by Crippen LogP contribution is -2.31. The van der Waals surface area contributed by atoms with Crippen molar-refractivity contribution < 1.29 is 4.79 Å². The molecule has 9 heteroatoms. The highest BCUT2D eigenvalue weighted by molar-refractivity contribution is 6.10. The second-order valence-corrected chi connectivity index (χ2v) is 8.20. The molecule has 4 rings (SSSR count). The van der Waals surface area contributed by atoms with E-state index in [1.54, 1.807) is 23.1 Å². The number of fused-ring (bicyclic) bond motifs is 1. The third-order valence-electron chi connectivity index (χ3n) is 6.22. The summed E-state index contributed by atoms with van der Waals surface area (Å²) < 4.78 is 0. The zero-order chi connectivity index (χ0) is 22.8. The summed E-state index contributed by atoms with van der Waals surface area (Å²) in [5.74, 6) is 1.41. The molecule has 2 aliphatic heterocycles. The monoisotopic (exact) mass is 434 g/mol. The van der Waals surface area contributed by atoms with Crippen molar-refractivity contribution in [2.45, 2.75) is 45.8 Å². The minimum absolute atomic E-state index is 0.0940. The fourth-order valence-electron chi connectivity index (χ4n) is 4.44. The molecule has 1 atom stereocenters. The summed E-state index contributed by atoms with van der Waals surface area (Å²) in [6.07, 6.45) is 3.38. The SMILES string of the molecule is CCN(C=N)C(=N)c1cccc(N2Cc3c(cc(N4CCC[C@H]4C)nc3CNC)C2=O)n1. The molecule has 0 unspecified atom stereocenters. The maximum absolute atomic E-state index is 13.4. The van der Waals surface area contributed by atoms with E-state index in [9.17, 15) is 4.79 Å². The first-order valence-corrected chi connectivity index (χ1v) is 11.1. The van der Waals surface area contributed by atoms with Crippen LogP contribution in [0.4, 0.5) is 11.6 Å². The van der Waals surface area contributed by atoms with Crippen molar-refractivity contribution in [3.05, 3.63) is 46.8 Å². The van der Waals surface area contributed by atoms with E-state index in [4.69, 9.17) is 15.8 Å². The lowest BCUT2D eigenvalue weighted by molar-refractivity contribution is 0.0996. The predicted octanol–water partition coefficient (Wildman–Crippen LogP) is 2.60. The zero-order valence-corrected chi connectivity index (χ0v) is 18.9. The van der Waals surface area contributed by atoms with Crippen LogP contribution in [-0.4, -0.2) is 59.1 Å². The average molecular weight is 435 g/mol. The number of carbonyl (C=O) groups is 1. The van der Waals surface area contributed by atoms with Crippen LogP contribution in [0.3, 0.4) is 0 Å². The van der Waals surface area contributed by atoms with Gasteiger partial charge in [-0.1, -0.05) is 6.07 Å². The molecule has 0 aliphatic carbocycles. The number of nitrogens with zero attached hydrogens (tertiary/aromatic N) is 5. The summed E-state index contributed by atoms with van der Waals surface area (Å²) in [5.41, 5.74) is 2.92. The van der Waals surface area contributed by atoms with Crippen molar-refractivity contribution in [1.82, 2.24) is 20.2 Å². The molecule has 2 aromatic rings. The van der Waals surface area contributed by atoms with Crippen LogP contribution < -0.4 is 15.1 Å². The van der Waals surface area contributed by atoms with Gasteiger partial charge in [0, 0.05) is 31.2 Å². The number of nitrogens with one attached hydrogen (secondary N) is 3. The van der Waals surface area contributed by atoms with E-state index in [0.717, 1.165) is 42.8 Å². The minimum Gasteiger partial charge on any atom is -0.354 e. The molecule has 2 aromatic heterocycles. The highest BCUT2D eigenvalue weighted by Crippen LogP contribution is 2.33. The molecule has 32 heavy (non-hydrogen) atoms. The van der Waals surface area contributed by atoms with Crippen molar-refractivity contribution >= 4 is 29.7 Å². The van der Waals surface area contributed by atoms with Gasteiger partial charge in [0.25, 0.3) is 5.91 Å². The molecule has 0 aromatic carbocycles. The predicted molar refractivity (Wildman–Crippen MR) is 126 cm³/mol. The van der Waals surface area contributed by atoms with Gasteiger partial charge in [-0.3, -0.25) is 20.5 Å². The van der Waals surface area contributed by atoms with Crippen LogP contribution in [0.5, 0.6) is 0 Å². The molecule has 3 N–H and O–H groups in total. The summed E-state index contributed by atoms with van der Waals surface area (Å²) in [6, 6.07) is 7.65. The van der Waals surface area contributed by atoms with E-state index >= 15 is 0 Å². The molecule has 4 heterocycles. The van der Waals surface area contributed by atoms with Crippen LogP contribution in [0.15, 0.2) is 24.3 Å². The molecular formula is C23H30N8O. The van der Waals surface area contributed by atoms with Gasteiger partial charge in [-0.2, -0.15) is 0 Å². The Kier molecular flexibility index (Phi) is 6.18. The molecule has 0 radical (unpaired) electrons. The lowest BCUT2D eigenvalue weighted by Gasteiger charge is -2.24. The van der Waals surface area contributed by atoms with E-state index in [-0.39, 0.29) is 11.7 Å². The van der Waals surface area contributed by atoms with E-state index < -0.39 is 0 Å². The molecule has 9 nitrogen and oxygen atoms in total. The molecule has 0 saturated carbocycles. The Morgan fingerprint density at radius 2 is 2.16 bits per heavy atom. The Labute approximate surface area is 188 Å². The summed E-state index contributed by atoms with van der Waals surface area (Å²) >= 11 is 0. The van der Waals surface area contributed by atoms with Gasteiger partial charge in [-0.15, -0.1) is 0 Å². The molecule has 1 amide bonds. The largest absolute Gasteiger partial charge is 0.354 e. The number of amidine groups is 1. The summed E-state index contributed by atoms with van der Waals surface area (Å²) in [5, 5.41) is 19.0.